The number of ether oxygens (including phenoxy) is 1. The molecule has 1 rings (SSSR count). The van der Waals surface area contributed by atoms with Crippen LogP contribution in [0.1, 0.15) is 32.9 Å². The van der Waals surface area contributed by atoms with Crippen LogP contribution in [0.4, 0.5) is 11.5 Å². The van der Waals surface area contributed by atoms with Crippen molar-refractivity contribution in [2.45, 2.75) is 39.7 Å². The fourth-order valence-electron chi connectivity index (χ4n) is 1.94. The van der Waals surface area contributed by atoms with Crippen LogP contribution in [0, 0.1) is 5.92 Å². The van der Waals surface area contributed by atoms with Crippen LogP contribution in [0.15, 0.2) is 0 Å². The predicted molar refractivity (Wildman–Crippen MR) is 75.7 cm³/mol. The molecule has 0 aromatic carbocycles. The lowest BCUT2D eigenvalue weighted by molar-refractivity contribution is 0.171. The first-order valence-electron chi connectivity index (χ1n) is 6.58. The van der Waals surface area contributed by atoms with Crippen molar-refractivity contribution in [2.75, 3.05) is 24.8 Å². The summed E-state index contributed by atoms with van der Waals surface area (Å²) in [5.41, 5.74) is 7.89. The van der Waals surface area contributed by atoms with Crippen LogP contribution < -0.4 is 11.1 Å². The molecule has 5 heteroatoms. The van der Waals surface area contributed by atoms with Gasteiger partial charge in [-0.2, -0.15) is 5.10 Å². The Bertz CT molecular complexity index is 373. The zero-order valence-corrected chi connectivity index (χ0v) is 12.2. The highest BCUT2D eigenvalue weighted by atomic mass is 16.5. The van der Waals surface area contributed by atoms with Gasteiger partial charge in [-0.3, -0.25) is 4.68 Å². The zero-order valence-electron chi connectivity index (χ0n) is 12.2. The fraction of sp³-hybridized carbons (Fsp3) is 0.769. The number of nitrogens with two attached hydrogens (primary N) is 1. The lowest BCUT2D eigenvalue weighted by Crippen LogP contribution is -2.31. The first-order valence-corrected chi connectivity index (χ1v) is 6.58. The monoisotopic (exact) mass is 254 g/mol. The molecule has 18 heavy (non-hydrogen) atoms. The molecule has 1 atom stereocenters. The van der Waals surface area contributed by atoms with Gasteiger partial charge in [0, 0.05) is 14.2 Å². The summed E-state index contributed by atoms with van der Waals surface area (Å²) in [4.78, 5) is 0. The lowest BCUT2D eigenvalue weighted by atomic mass is 10.1. The largest absolute Gasteiger partial charge is 0.394 e. The van der Waals surface area contributed by atoms with Gasteiger partial charge in [0.2, 0.25) is 0 Å². The van der Waals surface area contributed by atoms with Crippen LogP contribution in [0.2, 0.25) is 0 Å². The summed E-state index contributed by atoms with van der Waals surface area (Å²) in [5, 5.41) is 7.91. The second-order valence-electron chi connectivity index (χ2n) is 5.03. The second-order valence-corrected chi connectivity index (χ2v) is 5.03. The molecule has 0 radical (unpaired) electrons. The number of rotatable bonds is 7. The Balaban J connectivity index is 2.88. The van der Waals surface area contributed by atoms with E-state index >= 15 is 0 Å². The van der Waals surface area contributed by atoms with Crippen LogP contribution in [0.5, 0.6) is 0 Å². The van der Waals surface area contributed by atoms with Crippen LogP contribution >= 0.6 is 0 Å². The van der Waals surface area contributed by atoms with Crippen molar-refractivity contribution in [1.29, 1.82) is 0 Å². The molecule has 104 valence electrons. The van der Waals surface area contributed by atoms with Crippen LogP contribution in [-0.4, -0.2) is 29.5 Å². The summed E-state index contributed by atoms with van der Waals surface area (Å²) in [7, 11) is 3.63. The molecule has 0 saturated carbocycles. The van der Waals surface area contributed by atoms with Crippen molar-refractivity contribution in [3.8, 4) is 0 Å². The highest BCUT2D eigenvalue weighted by Gasteiger charge is 2.18. The molecule has 5 nitrogen and oxygen atoms in total. The van der Waals surface area contributed by atoms with E-state index in [-0.39, 0.29) is 6.04 Å². The van der Waals surface area contributed by atoms with E-state index in [4.69, 9.17) is 10.5 Å². The summed E-state index contributed by atoms with van der Waals surface area (Å²) in [6.45, 7) is 7.11. The zero-order chi connectivity index (χ0) is 13.7. The number of aromatic nitrogens is 2. The van der Waals surface area contributed by atoms with E-state index in [1.165, 1.54) is 0 Å². The van der Waals surface area contributed by atoms with E-state index in [2.05, 4.69) is 31.2 Å². The van der Waals surface area contributed by atoms with Gasteiger partial charge in [-0.25, -0.2) is 0 Å². The standard InChI is InChI=1S/C13H26N4O/c1-6-7-10-12(14)13(17(4)16-10)15-11(8-18-5)9(2)3/h9,11,15H,6-8,14H2,1-5H3. The smallest absolute Gasteiger partial charge is 0.148 e. The second kappa shape index (κ2) is 6.64. The van der Waals surface area contributed by atoms with Crippen molar-refractivity contribution in [3.63, 3.8) is 0 Å². The summed E-state index contributed by atoms with van der Waals surface area (Å²) >= 11 is 0. The number of aryl methyl sites for hydroxylation is 2. The Morgan fingerprint density at radius 3 is 2.61 bits per heavy atom. The SMILES string of the molecule is CCCc1nn(C)c(NC(COC)C(C)C)c1N. The molecule has 3 N–H and O–H groups in total. The number of nitrogens with one attached hydrogen (secondary N) is 1. The molecular formula is C13H26N4O. The molecular weight excluding hydrogens is 228 g/mol. The fourth-order valence-corrected chi connectivity index (χ4v) is 1.94. The Kier molecular flexibility index (Phi) is 5.47. The number of nitrogens with zero attached hydrogens (tertiary/aromatic N) is 2. The first kappa shape index (κ1) is 14.8. The van der Waals surface area contributed by atoms with Gasteiger partial charge in [-0.1, -0.05) is 27.2 Å². The molecule has 0 aliphatic heterocycles. The first-order chi connectivity index (χ1) is 8.51. The van der Waals surface area contributed by atoms with Crippen molar-refractivity contribution in [2.24, 2.45) is 13.0 Å². The van der Waals surface area contributed by atoms with E-state index in [9.17, 15) is 0 Å². The maximum atomic E-state index is 6.15. The molecule has 0 spiro atoms. The minimum atomic E-state index is 0.238. The Morgan fingerprint density at radius 1 is 1.44 bits per heavy atom. The van der Waals surface area contributed by atoms with E-state index in [1.54, 1.807) is 7.11 Å². The van der Waals surface area contributed by atoms with Crippen LogP contribution in [-0.2, 0) is 18.2 Å². The number of methoxy groups -OCH3 is 1. The molecule has 1 unspecified atom stereocenters. The third-order valence-corrected chi connectivity index (χ3v) is 3.12. The molecule has 1 heterocycles. The van der Waals surface area contributed by atoms with E-state index in [1.807, 2.05) is 11.7 Å². The van der Waals surface area contributed by atoms with Gasteiger partial charge in [0.15, 0.2) is 0 Å². The third kappa shape index (κ3) is 3.38. The average molecular weight is 254 g/mol. The van der Waals surface area contributed by atoms with Gasteiger partial charge < -0.3 is 15.8 Å². The summed E-state index contributed by atoms with van der Waals surface area (Å²) < 4.78 is 7.06. The number of hydrogen-bond donors (Lipinski definition) is 2. The molecule has 0 bridgehead atoms. The highest BCUT2D eigenvalue weighted by molar-refractivity contribution is 5.65. The number of hydrogen-bond acceptors (Lipinski definition) is 4. The highest BCUT2D eigenvalue weighted by Crippen LogP contribution is 2.24. The molecule has 0 saturated heterocycles. The van der Waals surface area contributed by atoms with Crippen molar-refractivity contribution in [3.05, 3.63) is 5.69 Å². The number of nitrogen functional groups attached to an aromatic ring is 1. The maximum Gasteiger partial charge on any atom is 0.148 e. The van der Waals surface area contributed by atoms with E-state index in [0.717, 1.165) is 30.0 Å². The third-order valence-electron chi connectivity index (χ3n) is 3.12. The topological polar surface area (TPSA) is 65.1 Å². The quantitative estimate of drug-likeness (QED) is 0.781. The van der Waals surface area contributed by atoms with Crippen molar-refractivity contribution < 1.29 is 4.74 Å². The summed E-state index contributed by atoms with van der Waals surface area (Å²) in [6, 6.07) is 0.238. The van der Waals surface area contributed by atoms with Crippen LogP contribution in [0.25, 0.3) is 0 Å². The lowest BCUT2D eigenvalue weighted by Gasteiger charge is -2.22. The maximum absolute atomic E-state index is 6.15. The Hall–Kier alpha value is -1.23. The minimum Gasteiger partial charge on any atom is -0.394 e. The molecule has 0 amide bonds. The van der Waals surface area contributed by atoms with Gasteiger partial charge in [-0.15, -0.1) is 0 Å². The van der Waals surface area contributed by atoms with Gasteiger partial charge in [-0.05, 0) is 12.3 Å². The van der Waals surface area contributed by atoms with E-state index < -0.39 is 0 Å². The molecule has 0 aliphatic carbocycles. The van der Waals surface area contributed by atoms with E-state index in [0.29, 0.717) is 12.5 Å². The average Bonchev–Trinajstić information content (AvgIpc) is 2.56. The predicted octanol–water partition coefficient (Wildman–Crippen LogP) is 2.04. The Morgan fingerprint density at radius 2 is 2.11 bits per heavy atom. The molecule has 1 aromatic heterocycles. The van der Waals surface area contributed by atoms with Crippen LogP contribution in [0.3, 0.4) is 0 Å². The van der Waals surface area contributed by atoms with Gasteiger partial charge >= 0.3 is 0 Å². The molecule has 0 fully saturated rings. The van der Waals surface area contributed by atoms with Crippen molar-refractivity contribution >= 4 is 11.5 Å². The van der Waals surface area contributed by atoms with Crippen molar-refractivity contribution in [1.82, 2.24) is 9.78 Å². The number of anilines is 2. The molecule has 1 aromatic rings. The van der Waals surface area contributed by atoms with Gasteiger partial charge in [0.1, 0.15) is 5.82 Å². The molecule has 0 aliphatic rings. The van der Waals surface area contributed by atoms with Gasteiger partial charge in [0.25, 0.3) is 0 Å². The normalized spacial score (nSPS) is 13.0. The van der Waals surface area contributed by atoms with Gasteiger partial charge in [0.05, 0.1) is 24.0 Å². The summed E-state index contributed by atoms with van der Waals surface area (Å²) in [6.07, 6.45) is 1.96. The Labute approximate surface area is 110 Å². The minimum absolute atomic E-state index is 0.238. The summed E-state index contributed by atoms with van der Waals surface area (Å²) in [5.74, 6) is 1.36.